The van der Waals surface area contributed by atoms with Gasteiger partial charge in [0.1, 0.15) is 24.3 Å². The number of aromatic nitrogens is 2. The van der Waals surface area contributed by atoms with Crippen LogP contribution >= 0.6 is 0 Å². The molecule has 0 unspecified atom stereocenters. The number of aryl methyl sites for hydroxylation is 1. The Morgan fingerprint density at radius 2 is 1.45 bits per heavy atom. The smallest absolute Gasteiger partial charge is 0.407 e. The topological polar surface area (TPSA) is 184 Å². The van der Waals surface area contributed by atoms with E-state index in [1.54, 1.807) is 39.1 Å². The maximum atomic E-state index is 14.4. The summed E-state index contributed by atoms with van der Waals surface area (Å²) in [7, 11) is 0. The van der Waals surface area contributed by atoms with Gasteiger partial charge in [0.15, 0.2) is 0 Å². The van der Waals surface area contributed by atoms with Crippen LogP contribution in [0.2, 0.25) is 0 Å². The van der Waals surface area contributed by atoms with E-state index >= 15 is 0 Å². The number of H-pyrrole nitrogens is 2. The standard InChI is InChI=1S/C47H50N6O7/c1-28-23-42(54)51-40-25-30(20-21-31(28)40)50-43(55)39(19-11-12-22-48-45(57)60-47(2,3)4)52-44(56)41(24-29-26-49-38-18-10-9-13-32(29)38)53-46(58)59-27-37-35-16-7-5-14-33(35)34-15-6-8-17-36(34)37/h5-10,13-18,20-21,23,25-26,37,39,41,49H,11-12,19,22,24,27H2,1-4H3,(H,48,57)(H,50,55)(H,51,54)(H,52,56)(H,53,58)/t39-,41+/m0/s1. The van der Waals surface area contributed by atoms with Gasteiger partial charge in [0, 0.05) is 53.1 Å². The number of amides is 4. The Balaban J connectivity index is 1.09. The maximum absolute atomic E-state index is 14.4. The first kappa shape index (κ1) is 41.3. The Bertz CT molecular complexity index is 2560. The molecule has 13 heteroatoms. The van der Waals surface area contributed by atoms with Gasteiger partial charge in [-0.1, -0.05) is 72.8 Å². The number of pyridine rings is 1. The van der Waals surface area contributed by atoms with E-state index in [9.17, 15) is 24.0 Å². The number of hydrogen-bond acceptors (Lipinski definition) is 7. The van der Waals surface area contributed by atoms with E-state index in [1.807, 2.05) is 73.7 Å². The molecule has 0 bridgehead atoms. The molecule has 0 radical (unpaired) electrons. The van der Waals surface area contributed by atoms with Crippen molar-refractivity contribution in [3.8, 4) is 11.1 Å². The molecule has 7 rings (SSSR count). The number of ether oxygens (including phenoxy) is 2. The van der Waals surface area contributed by atoms with Gasteiger partial charge in [-0.2, -0.15) is 0 Å². The van der Waals surface area contributed by atoms with Crippen molar-refractivity contribution in [3.63, 3.8) is 0 Å². The maximum Gasteiger partial charge on any atom is 0.407 e. The fraction of sp³-hybridized carbons (Fsp3) is 0.298. The van der Waals surface area contributed by atoms with Crippen molar-refractivity contribution in [3.05, 3.63) is 136 Å². The van der Waals surface area contributed by atoms with E-state index in [0.29, 0.717) is 30.6 Å². The highest BCUT2D eigenvalue weighted by Crippen LogP contribution is 2.44. The number of alkyl carbamates (subject to hydrolysis) is 2. The minimum Gasteiger partial charge on any atom is -0.449 e. The molecule has 13 nitrogen and oxygen atoms in total. The number of aromatic amines is 2. The van der Waals surface area contributed by atoms with Crippen molar-refractivity contribution in [1.29, 1.82) is 0 Å². The zero-order valence-corrected chi connectivity index (χ0v) is 34.1. The summed E-state index contributed by atoms with van der Waals surface area (Å²) in [6, 6.07) is 28.3. The molecular weight excluding hydrogens is 761 g/mol. The number of benzene rings is 4. The third-order valence-electron chi connectivity index (χ3n) is 10.6. The molecule has 0 saturated heterocycles. The Hall–Kier alpha value is -6.89. The van der Waals surface area contributed by atoms with Crippen LogP contribution in [0.3, 0.4) is 0 Å². The monoisotopic (exact) mass is 810 g/mol. The summed E-state index contributed by atoms with van der Waals surface area (Å²) >= 11 is 0. The van der Waals surface area contributed by atoms with Crippen LogP contribution in [0.25, 0.3) is 32.9 Å². The van der Waals surface area contributed by atoms with E-state index in [0.717, 1.165) is 49.7 Å². The highest BCUT2D eigenvalue weighted by atomic mass is 16.6. The van der Waals surface area contributed by atoms with E-state index < -0.39 is 41.7 Å². The quantitative estimate of drug-likeness (QED) is 0.0613. The molecule has 310 valence electrons. The summed E-state index contributed by atoms with van der Waals surface area (Å²) < 4.78 is 11.2. The summed E-state index contributed by atoms with van der Waals surface area (Å²) in [6.45, 7) is 7.52. The van der Waals surface area contributed by atoms with Crippen LogP contribution in [-0.2, 0) is 25.5 Å². The van der Waals surface area contributed by atoms with Gasteiger partial charge >= 0.3 is 12.2 Å². The second-order valence-electron chi connectivity index (χ2n) is 16.1. The first-order valence-corrected chi connectivity index (χ1v) is 20.2. The van der Waals surface area contributed by atoms with Crippen LogP contribution in [0, 0.1) is 6.92 Å². The summed E-state index contributed by atoms with van der Waals surface area (Å²) in [5, 5.41) is 13.1. The number of carbonyl (C=O) groups is 4. The van der Waals surface area contributed by atoms with Crippen molar-refractivity contribution >= 4 is 51.5 Å². The Morgan fingerprint density at radius 1 is 0.750 bits per heavy atom. The van der Waals surface area contributed by atoms with Crippen LogP contribution in [0.4, 0.5) is 15.3 Å². The molecule has 2 heterocycles. The molecule has 1 aliphatic carbocycles. The number of nitrogens with one attached hydrogen (secondary N) is 6. The lowest BCUT2D eigenvalue weighted by atomic mass is 9.98. The lowest BCUT2D eigenvalue weighted by Crippen LogP contribution is -2.53. The van der Waals surface area contributed by atoms with Gasteiger partial charge in [-0.15, -0.1) is 0 Å². The molecule has 2 aromatic heterocycles. The van der Waals surface area contributed by atoms with E-state index in [-0.39, 0.29) is 30.9 Å². The molecule has 0 fully saturated rings. The second kappa shape index (κ2) is 17.9. The lowest BCUT2D eigenvalue weighted by molar-refractivity contribution is -0.128. The largest absolute Gasteiger partial charge is 0.449 e. The Kier molecular flexibility index (Phi) is 12.3. The molecule has 60 heavy (non-hydrogen) atoms. The second-order valence-corrected chi connectivity index (χ2v) is 16.1. The molecule has 4 amide bonds. The summed E-state index contributed by atoms with van der Waals surface area (Å²) in [5.74, 6) is -1.26. The third-order valence-corrected chi connectivity index (χ3v) is 10.6. The summed E-state index contributed by atoms with van der Waals surface area (Å²) in [4.78, 5) is 72.5. The number of hydrogen-bond donors (Lipinski definition) is 6. The van der Waals surface area contributed by atoms with Crippen molar-refractivity contribution in [2.45, 2.75) is 77.0 Å². The van der Waals surface area contributed by atoms with Crippen LogP contribution < -0.4 is 26.8 Å². The van der Waals surface area contributed by atoms with Gasteiger partial charge < -0.3 is 40.7 Å². The van der Waals surface area contributed by atoms with Crippen LogP contribution in [0.5, 0.6) is 0 Å². The minimum absolute atomic E-state index is 0.0557. The number of carbonyl (C=O) groups excluding carboxylic acids is 4. The van der Waals surface area contributed by atoms with Gasteiger partial charge in [0.05, 0.1) is 5.52 Å². The summed E-state index contributed by atoms with van der Waals surface area (Å²) in [6.07, 6.45) is 1.74. The fourth-order valence-electron chi connectivity index (χ4n) is 7.77. The average molecular weight is 811 g/mol. The summed E-state index contributed by atoms with van der Waals surface area (Å²) in [5.41, 5.74) is 6.82. The van der Waals surface area contributed by atoms with Gasteiger partial charge in [-0.3, -0.25) is 14.4 Å². The molecule has 4 aromatic carbocycles. The lowest BCUT2D eigenvalue weighted by Gasteiger charge is -2.24. The van der Waals surface area contributed by atoms with Crippen LogP contribution in [0.1, 0.15) is 68.2 Å². The minimum atomic E-state index is -1.13. The average Bonchev–Trinajstić information content (AvgIpc) is 3.76. The number of unbranched alkanes of at least 4 members (excludes halogenated alkanes) is 1. The fourth-order valence-corrected chi connectivity index (χ4v) is 7.77. The van der Waals surface area contributed by atoms with Crippen molar-refractivity contribution < 1.29 is 28.7 Å². The SMILES string of the molecule is Cc1cc(=O)[nH]c2cc(NC(=O)[C@H](CCCCNC(=O)OC(C)(C)C)NC(=O)[C@@H](Cc3c[nH]c4ccccc34)NC(=O)OCC3c4ccccc4-c4ccccc43)ccc12. The van der Waals surface area contributed by atoms with Crippen molar-refractivity contribution in [2.24, 2.45) is 0 Å². The van der Waals surface area contributed by atoms with E-state index in [1.165, 1.54) is 6.07 Å². The zero-order chi connectivity index (χ0) is 42.4. The predicted octanol–water partition coefficient (Wildman–Crippen LogP) is 7.59. The van der Waals surface area contributed by atoms with E-state index in [4.69, 9.17) is 9.47 Å². The van der Waals surface area contributed by atoms with Gasteiger partial charge in [-0.05, 0) is 98.5 Å². The number of para-hydroxylation sites is 1. The molecule has 6 N–H and O–H groups in total. The highest BCUT2D eigenvalue weighted by Gasteiger charge is 2.31. The number of rotatable bonds is 14. The van der Waals surface area contributed by atoms with Gasteiger partial charge in [0.2, 0.25) is 17.4 Å². The van der Waals surface area contributed by atoms with Gasteiger partial charge in [-0.25, -0.2) is 9.59 Å². The first-order chi connectivity index (χ1) is 28.8. The van der Waals surface area contributed by atoms with Crippen molar-refractivity contribution in [2.75, 3.05) is 18.5 Å². The Morgan fingerprint density at radius 3 is 2.18 bits per heavy atom. The molecule has 0 saturated carbocycles. The number of anilines is 1. The van der Waals surface area contributed by atoms with Crippen molar-refractivity contribution in [1.82, 2.24) is 25.9 Å². The molecule has 6 aromatic rings. The third kappa shape index (κ3) is 9.86. The highest BCUT2D eigenvalue weighted by molar-refractivity contribution is 6.00. The first-order valence-electron chi connectivity index (χ1n) is 20.2. The zero-order valence-electron chi connectivity index (χ0n) is 34.1. The molecule has 2 atom stereocenters. The van der Waals surface area contributed by atoms with E-state index in [2.05, 4.69) is 43.4 Å². The molecule has 0 spiro atoms. The molecule has 0 aliphatic heterocycles. The van der Waals surface area contributed by atoms with Crippen LogP contribution in [-0.4, -0.2) is 64.8 Å². The molecular formula is C47H50N6O7. The van der Waals surface area contributed by atoms with Crippen LogP contribution in [0.15, 0.2) is 108 Å². The molecule has 1 aliphatic rings. The normalized spacial score (nSPS) is 13.2. The predicted molar refractivity (Wildman–Crippen MR) is 232 cm³/mol. The van der Waals surface area contributed by atoms with Gasteiger partial charge in [0.25, 0.3) is 0 Å². The number of fused-ring (bicyclic) bond motifs is 5. The Labute approximate surface area is 347 Å².